The summed E-state index contributed by atoms with van der Waals surface area (Å²) in [5, 5.41) is 2.61. The molecule has 0 heterocycles. The van der Waals surface area contributed by atoms with Crippen molar-refractivity contribution in [3.63, 3.8) is 0 Å². The number of para-hydroxylation sites is 2. The van der Waals surface area contributed by atoms with Gasteiger partial charge in [-0.05, 0) is 61.0 Å². The third-order valence-corrected chi connectivity index (χ3v) is 6.92. The van der Waals surface area contributed by atoms with Crippen LogP contribution in [0.2, 0.25) is 0 Å². The number of hydrogen-bond donors (Lipinski definition) is 2. The van der Waals surface area contributed by atoms with Gasteiger partial charge in [-0.25, -0.2) is 21.2 Å². The number of halogens is 1. The SMILES string of the molecule is Cc1ccc(S(C)(=O)=O)cc1C(=O)Nc1ccccc1NS(=O)(=O)c1ccc(F)cc1. The minimum atomic E-state index is -4.03. The first-order valence-electron chi connectivity index (χ1n) is 8.97. The van der Waals surface area contributed by atoms with Gasteiger partial charge >= 0.3 is 0 Å². The molecule has 0 saturated heterocycles. The maximum atomic E-state index is 13.1. The van der Waals surface area contributed by atoms with E-state index in [9.17, 15) is 26.0 Å². The van der Waals surface area contributed by atoms with E-state index in [0.29, 0.717) is 5.56 Å². The van der Waals surface area contributed by atoms with Crippen LogP contribution >= 0.6 is 0 Å². The molecule has 0 radical (unpaired) electrons. The minimum Gasteiger partial charge on any atom is -0.320 e. The highest BCUT2D eigenvalue weighted by Gasteiger charge is 2.19. The Morgan fingerprint density at radius 3 is 2.03 bits per heavy atom. The predicted octanol–water partition coefficient (Wildman–Crippen LogP) is 3.59. The zero-order chi connectivity index (χ0) is 22.8. The number of sulfonamides is 1. The van der Waals surface area contributed by atoms with E-state index in [1.807, 2.05) is 0 Å². The van der Waals surface area contributed by atoms with Crippen LogP contribution in [0.3, 0.4) is 0 Å². The van der Waals surface area contributed by atoms with Gasteiger partial charge in [0.05, 0.1) is 21.2 Å². The van der Waals surface area contributed by atoms with E-state index in [1.54, 1.807) is 19.1 Å². The van der Waals surface area contributed by atoms with Crippen LogP contribution in [0.5, 0.6) is 0 Å². The third-order valence-electron chi connectivity index (χ3n) is 4.43. The number of nitrogens with one attached hydrogen (secondary N) is 2. The molecular weight excluding hydrogens is 443 g/mol. The normalized spacial score (nSPS) is 11.7. The number of aryl methyl sites for hydroxylation is 1. The summed E-state index contributed by atoms with van der Waals surface area (Å²) in [5.41, 5.74) is 0.952. The molecule has 3 aromatic carbocycles. The molecule has 3 rings (SSSR count). The lowest BCUT2D eigenvalue weighted by Gasteiger charge is -2.14. The fourth-order valence-electron chi connectivity index (χ4n) is 2.76. The van der Waals surface area contributed by atoms with Crippen molar-refractivity contribution in [2.75, 3.05) is 16.3 Å². The Bertz CT molecular complexity index is 1350. The van der Waals surface area contributed by atoms with Gasteiger partial charge in [0.1, 0.15) is 5.82 Å². The van der Waals surface area contributed by atoms with Crippen LogP contribution in [0.25, 0.3) is 0 Å². The molecule has 10 heteroatoms. The Balaban J connectivity index is 1.91. The van der Waals surface area contributed by atoms with Crippen LogP contribution in [0, 0.1) is 12.7 Å². The first kappa shape index (κ1) is 22.4. The van der Waals surface area contributed by atoms with Crippen molar-refractivity contribution in [3.8, 4) is 0 Å². The first-order chi connectivity index (χ1) is 14.5. The Morgan fingerprint density at radius 2 is 1.42 bits per heavy atom. The van der Waals surface area contributed by atoms with Crippen molar-refractivity contribution >= 4 is 37.1 Å². The average Bonchev–Trinajstić information content (AvgIpc) is 2.69. The molecule has 1 amide bonds. The van der Waals surface area contributed by atoms with E-state index in [-0.39, 0.29) is 26.7 Å². The molecule has 0 spiro atoms. The number of benzene rings is 3. The Hall–Kier alpha value is -3.24. The van der Waals surface area contributed by atoms with Gasteiger partial charge in [0.15, 0.2) is 9.84 Å². The summed E-state index contributed by atoms with van der Waals surface area (Å²) >= 11 is 0. The van der Waals surface area contributed by atoms with Crippen molar-refractivity contribution in [2.45, 2.75) is 16.7 Å². The van der Waals surface area contributed by atoms with Crippen LogP contribution in [0.15, 0.2) is 76.5 Å². The van der Waals surface area contributed by atoms with Gasteiger partial charge in [-0.3, -0.25) is 9.52 Å². The molecule has 0 fully saturated rings. The van der Waals surface area contributed by atoms with Crippen LogP contribution in [-0.2, 0) is 19.9 Å². The Morgan fingerprint density at radius 1 is 0.839 bits per heavy atom. The summed E-state index contributed by atoms with van der Waals surface area (Å²) in [6.07, 6.45) is 1.04. The fraction of sp³-hybridized carbons (Fsp3) is 0.0952. The van der Waals surface area contributed by atoms with Crippen molar-refractivity contribution < 1.29 is 26.0 Å². The monoisotopic (exact) mass is 462 g/mol. The first-order valence-corrected chi connectivity index (χ1v) is 12.3. The van der Waals surface area contributed by atoms with Crippen LogP contribution in [0.1, 0.15) is 15.9 Å². The lowest BCUT2D eigenvalue weighted by Crippen LogP contribution is -2.18. The van der Waals surface area contributed by atoms with E-state index in [4.69, 9.17) is 0 Å². The van der Waals surface area contributed by atoms with Crippen LogP contribution < -0.4 is 10.0 Å². The molecule has 31 heavy (non-hydrogen) atoms. The second kappa shape index (κ2) is 8.48. The highest BCUT2D eigenvalue weighted by Crippen LogP contribution is 2.26. The highest BCUT2D eigenvalue weighted by atomic mass is 32.2. The quantitative estimate of drug-likeness (QED) is 0.582. The summed E-state index contributed by atoms with van der Waals surface area (Å²) in [7, 11) is -7.55. The number of anilines is 2. The highest BCUT2D eigenvalue weighted by molar-refractivity contribution is 7.92. The second-order valence-corrected chi connectivity index (χ2v) is 10.5. The van der Waals surface area contributed by atoms with Crippen LogP contribution in [-0.4, -0.2) is 29.0 Å². The van der Waals surface area contributed by atoms with Crippen molar-refractivity contribution in [1.82, 2.24) is 0 Å². The molecule has 0 saturated carbocycles. The largest absolute Gasteiger partial charge is 0.320 e. The average molecular weight is 463 g/mol. The predicted molar refractivity (Wildman–Crippen MR) is 116 cm³/mol. The number of rotatable bonds is 6. The molecule has 0 atom stereocenters. The van der Waals surface area contributed by atoms with Gasteiger partial charge in [0.2, 0.25) is 0 Å². The standard InChI is InChI=1S/C21H19FN2O5S2/c1-14-7-10-17(30(2,26)27)13-18(14)21(25)23-19-5-3-4-6-20(19)24-31(28,29)16-11-8-15(22)9-12-16/h3-13,24H,1-2H3,(H,23,25). The maximum absolute atomic E-state index is 13.1. The van der Waals surface area contributed by atoms with Gasteiger partial charge in [-0.2, -0.15) is 0 Å². The van der Waals surface area contributed by atoms with Crippen LogP contribution in [0.4, 0.5) is 15.8 Å². The number of sulfone groups is 1. The molecule has 2 N–H and O–H groups in total. The molecule has 0 unspecified atom stereocenters. The smallest absolute Gasteiger partial charge is 0.261 e. The number of hydrogen-bond acceptors (Lipinski definition) is 5. The third kappa shape index (κ3) is 5.28. The summed E-state index contributed by atoms with van der Waals surface area (Å²) in [5.74, 6) is -1.17. The zero-order valence-corrected chi connectivity index (χ0v) is 18.2. The van der Waals surface area contributed by atoms with E-state index in [1.165, 1.54) is 30.3 Å². The van der Waals surface area contributed by atoms with Gasteiger partial charge in [0.25, 0.3) is 15.9 Å². The summed E-state index contributed by atoms with van der Waals surface area (Å²) in [4.78, 5) is 12.7. The van der Waals surface area contributed by atoms with E-state index >= 15 is 0 Å². The summed E-state index contributed by atoms with van der Waals surface area (Å²) in [6.45, 7) is 1.66. The minimum absolute atomic E-state index is 0.00597. The molecular formula is C21H19FN2O5S2. The second-order valence-electron chi connectivity index (χ2n) is 6.81. The molecule has 0 aliphatic rings. The number of carbonyl (C=O) groups is 1. The Kier molecular flexibility index (Phi) is 6.14. The number of amides is 1. The van der Waals surface area contributed by atoms with Gasteiger partial charge in [-0.1, -0.05) is 18.2 Å². The summed E-state index contributed by atoms with van der Waals surface area (Å²) < 4.78 is 64.3. The lowest BCUT2D eigenvalue weighted by molar-refractivity contribution is 0.102. The Labute approximate surface area is 179 Å². The summed E-state index contributed by atoms with van der Waals surface area (Å²) in [6, 6.07) is 14.6. The maximum Gasteiger partial charge on any atom is 0.261 e. The molecule has 3 aromatic rings. The van der Waals surface area contributed by atoms with E-state index < -0.39 is 31.6 Å². The van der Waals surface area contributed by atoms with Crippen molar-refractivity contribution in [3.05, 3.63) is 83.7 Å². The molecule has 0 aliphatic heterocycles. The molecule has 162 valence electrons. The van der Waals surface area contributed by atoms with E-state index in [0.717, 1.165) is 30.5 Å². The molecule has 0 aliphatic carbocycles. The van der Waals surface area contributed by atoms with Crippen molar-refractivity contribution in [1.29, 1.82) is 0 Å². The molecule has 7 nitrogen and oxygen atoms in total. The van der Waals surface area contributed by atoms with Gasteiger partial charge < -0.3 is 5.32 Å². The van der Waals surface area contributed by atoms with Crippen molar-refractivity contribution in [2.24, 2.45) is 0 Å². The topological polar surface area (TPSA) is 109 Å². The number of carbonyl (C=O) groups excluding carboxylic acids is 1. The fourth-order valence-corrected chi connectivity index (χ4v) is 4.49. The lowest BCUT2D eigenvalue weighted by atomic mass is 10.1. The van der Waals surface area contributed by atoms with E-state index in [2.05, 4.69) is 10.0 Å². The zero-order valence-electron chi connectivity index (χ0n) is 16.6. The molecule has 0 bridgehead atoms. The van der Waals surface area contributed by atoms with Gasteiger partial charge in [-0.15, -0.1) is 0 Å². The molecule has 0 aromatic heterocycles. The van der Waals surface area contributed by atoms with Gasteiger partial charge in [0, 0.05) is 11.8 Å².